The lowest BCUT2D eigenvalue weighted by atomic mass is 10.1. The van der Waals surface area contributed by atoms with E-state index in [1.807, 2.05) is 6.07 Å². The van der Waals surface area contributed by atoms with Gasteiger partial charge in [-0.15, -0.1) is 5.10 Å². The topological polar surface area (TPSA) is 83.0 Å². The van der Waals surface area contributed by atoms with Crippen molar-refractivity contribution in [2.75, 3.05) is 12.9 Å². The number of hydrogen-bond donors (Lipinski definition) is 0. The number of thioether (sulfide) groups is 1. The molecule has 0 unspecified atom stereocenters. The van der Waals surface area contributed by atoms with Crippen LogP contribution in [0.4, 0.5) is 0 Å². The fourth-order valence-electron chi connectivity index (χ4n) is 1.96. The van der Waals surface area contributed by atoms with Crippen molar-refractivity contribution < 1.29 is 13.9 Å². The maximum atomic E-state index is 12.3. The molecule has 0 N–H and O–H groups in total. The number of methoxy groups -OCH3 is 1. The SMILES string of the molecule is COc1cccc(C(=O)CSc2nnnn2Cc2ccco2)c1. The van der Waals surface area contributed by atoms with Crippen LogP contribution in [-0.2, 0) is 6.54 Å². The number of carbonyl (C=O) groups excluding carboxylic acids is 1. The molecule has 0 radical (unpaired) electrons. The highest BCUT2D eigenvalue weighted by atomic mass is 32.2. The zero-order valence-corrected chi connectivity index (χ0v) is 13.2. The third kappa shape index (κ3) is 3.78. The summed E-state index contributed by atoms with van der Waals surface area (Å²) in [4.78, 5) is 12.3. The summed E-state index contributed by atoms with van der Waals surface area (Å²) in [6.45, 7) is 0.426. The number of aromatic nitrogens is 4. The van der Waals surface area contributed by atoms with E-state index in [1.54, 1.807) is 48.4 Å². The van der Waals surface area contributed by atoms with Crippen LogP contribution in [0.1, 0.15) is 16.1 Å². The predicted octanol–water partition coefficient (Wildman–Crippen LogP) is 2.30. The lowest BCUT2D eigenvalue weighted by molar-refractivity contribution is 0.102. The highest BCUT2D eigenvalue weighted by Crippen LogP contribution is 2.19. The zero-order chi connectivity index (χ0) is 16.1. The van der Waals surface area contributed by atoms with Crippen molar-refractivity contribution in [1.82, 2.24) is 20.2 Å². The second-order valence-corrected chi connectivity index (χ2v) is 5.58. The van der Waals surface area contributed by atoms with E-state index in [9.17, 15) is 4.79 Å². The van der Waals surface area contributed by atoms with Crippen LogP contribution in [0, 0.1) is 0 Å². The molecule has 0 aliphatic carbocycles. The first-order chi connectivity index (χ1) is 11.3. The van der Waals surface area contributed by atoms with Gasteiger partial charge >= 0.3 is 0 Å². The predicted molar refractivity (Wildman–Crippen MR) is 83.7 cm³/mol. The molecule has 1 aromatic carbocycles. The lowest BCUT2D eigenvalue weighted by Gasteiger charge is -2.04. The number of Topliss-reactive ketones (excluding diaryl/α,β-unsaturated/α-hetero) is 1. The van der Waals surface area contributed by atoms with Gasteiger partial charge in [0.2, 0.25) is 5.16 Å². The highest BCUT2D eigenvalue weighted by molar-refractivity contribution is 7.99. The summed E-state index contributed by atoms with van der Waals surface area (Å²) in [5.74, 6) is 1.63. The van der Waals surface area contributed by atoms with Crippen LogP contribution < -0.4 is 4.74 Å². The molecule has 0 atom stereocenters. The molecule has 3 rings (SSSR count). The molecule has 7 nitrogen and oxygen atoms in total. The van der Waals surface area contributed by atoms with E-state index in [0.29, 0.717) is 23.0 Å². The monoisotopic (exact) mass is 330 g/mol. The quantitative estimate of drug-likeness (QED) is 0.485. The fraction of sp³-hybridized carbons (Fsp3) is 0.200. The molecule has 23 heavy (non-hydrogen) atoms. The van der Waals surface area contributed by atoms with E-state index in [4.69, 9.17) is 9.15 Å². The van der Waals surface area contributed by atoms with Crippen molar-refractivity contribution >= 4 is 17.5 Å². The lowest BCUT2D eigenvalue weighted by Crippen LogP contribution is -2.06. The summed E-state index contributed by atoms with van der Waals surface area (Å²) in [5.41, 5.74) is 0.599. The minimum absolute atomic E-state index is 0.0125. The van der Waals surface area contributed by atoms with Crippen LogP contribution in [-0.4, -0.2) is 38.9 Å². The molecule has 2 heterocycles. The van der Waals surface area contributed by atoms with Crippen molar-refractivity contribution in [2.24, 2.45) is 0 Å². The van der Waals surface area contributed by atoms with E-state index in [-0.39, 0.29) is 11.5 Å². The Labute approximate surface area is 136 Å². The largest absolute Gasteiger partial charge is 0.497 e. The third-order valence-electron chi connectivity index (χ3n) is 3.11. The third-order valence-corrected chi connectivity index (χ3v) is 4.07. The minimum atomic E-state index is -0.0125. The zero-order valence-electron chi connectivity index (χ0n) is 12.4. The summed E-state index contributed by atoms with van der Waals surface area (Å²) >= 11 is 1.29. The van der Waals surface area contributed by atoms with Crippen molar-refractivity contribution in [3.63, 3.8) is 0 Å². The van der Waals surface area contributed by atoms with Crippen LogP contribution in [0.25, 0.3) is 0 Å². The van der Waals surface area contributed by atoms with Crippen LogP contribution >= 0.6 is 11.8 Å². The number of rotatable bonds is 7. The first-order valence-electron chi connectivity index (χ1n) is 6.85. The number of ketones is 1. The summed E-state index contributed by atoms with van der Waals surface area (Å²) in [5, 5.41) is 12.1. The van der Waals surface area contributed by atoms with Crippen LogP contribution in [0.3, 0.4) is 0 Å². The first kappa shape index (κ1) is 15.3. The Kier molecular flexibility index (Phi) is 4.72. The molecule has 0 fully saturated rings. The highest BCUT2D eigenvalue weighted by Gasteiger charge is 2.13. The molecular formula is C15H14N4O3S. The van der Waals surface area contributed by atoms with Gasteiger partial charge in [0.25, 0.3) is 0 Å². The molecular weight excluding hydrogens is 316 g/mol. The molecule has 0 saturated heterocycles. The Morgan fingerprint density at radius 2 is 2.26 bits per heavy atom. The number of furan rings is 1. The van der Waals surface area contributed by atoms with Gasteiger partial charge in [-0.05, 0) is 34.7 Å². The molecule has 0 bridgehead atoms. The molecule has 118 valence electrons. The Balaban J connectivity index is 1.64. The van der Waals surface area contributed by atoms with Crippen molar-refractivity contribution in [2.45, 2.75) is 11.7 Å². The van der Waals surface area contributed by atoms with Crippen LogP contribution in [0.2, 0.25) is 0 Å². The van der Waals surface area contributed by atoms with Crippen molar-refractivity contribution in [1.29, 1.82) is 0 Å². The second kappa shape index (κ2) is 7.10. The molecule has 8 heteroatoms. The van der Waals surface area contributed by atoms with Gasteiger partial charge in [-0.2, -0.15) is 0 Å². The van der Waals surface area contributed by atoms with E-state index in [0.717, 1.165) is 5.76 Å². The molecule has 0 aliphatic heterocycles. The van der Waals surface area contributed by atoms with Gasteiger partial charge in [0.1, 0.15) is 18.1 Å². The van der Waals surface area contributed by atoms with E-state index >= 15 is 0 Å². The van der Waals surface area contributed by atoms with E-state index in [1.165, 1.54) is 11.8 Å². The average molecular weight is 330 g/mol. The van der Waals surface area contributed by atoms with Gasteiger partial charge in [-0.3, -0.25) is 4.79 Å². The number of tetrazole rings is 1. The summed E-state index contributed by atoms with van der Waals surface area (Å²) in [7, 11) is 1.57. The summed E-state index contributed by atoms with van der Waals surface area (Å²) in [6, 6.07) is 10.7. The van der Waals surface area contributed by atoms with Gasteiger partial charge in [0.15, 0.2) is 5.78 Å². The fourth-order valence-corrected chi connectivity index (χ4v) is 2.73. The maximum Gasteiger partial charge on any atom is 0.210 e. The second-order valence-electron chi connectivity index (χ2n) is 4.64. The van der Waals surface area contributed by atoms with Gasteiger partial charge in [0, 0.05) is 5.56 Å². The van der Waals surface area contributed by atoms with E-state index < -0.39 is 0 Å². The molecule has 0 amide bonds. The number of ether oxygens (including phenoxy) is 1. The van der Waals surface area contributed by atoms with Crippen LogP contribution in [0.15, 0.2) is 52.2 Å². The number of nitrogens with zero attached hydrogens (tertiary/aromatic N) is 4. The number of carbonyl (C=O) groups is 1. The van der Waals surface area contributed by atoms with Crippen molar-refractivity contribution in [3.05, 3.63) is 54.0 Å². The summed E-state index contributed by atoms with van der Waals surface area (Å²) < 4.78 is 12.0. The first-order valence-corrected chi connectivity index (χ1v) is 7.83. The Morgan fingerprint density at radius 3 is 3.04 bits per heavy atom. The van der Waals surface area contributed by atoms with Crippen molar-refractivity contribution in [3.8, 4) is 5.75 Å². The number of hydrogen-bond acceptors (Lipinski definition) is 7. The smallest absolute Gasteiger partial charge is 0.210 e. The summed E-state index contributed by atoms with van der Waals surface area (Å²) in [6.07, 6.45) is 1.60. The normalized spacial score (nSPS) is 10.7. The maximum absolute atomic E-state index is 12.3. The standard InChI is InChI=1S/C15H14N4O3S/c1-21-12-5-2-4-11(8-12)14(20)10-23-15-16-17-18-19(15)9-13-6-3-7-22-13/h2-8H,9-10H2,1H3. The van der Waals surface area contributed by atoms with Gasteiger partial charge in [-0.1, -0.05) is 23.9 Å². The van der Waals surface area contributed by atoms with E-state index in [2.05, 4.69) is 15.5 Å². The Morgan fingerprint density at radius 1 is 1.35 bits per heavy atom. The molecule has 0 spiro atoms. The Bertz CT molecular complexity index is 786. The molecule has 0 saturated carbocycles. The average Bonchev–Trinajstić information content (AvgIpc) is 3.25. The molecule has 3 aromatic rings. The van der Waals surface area contributed by atoms with Gasteiger partial charge in [0.05, 0.1) is 19.1 Å². The van der Waals surface area contributed by atoms with Gasteiger partial charge in [-0.25, -0.2) is 4.68 Å². The molecule has 2 aromatic heterocycles. The molecule has 0 aliphatic rings. The van der Waals surface area contributed by atoms with Crippen LogP contribution in [0.5, 0.6) is 5.75 Å². The van der Waals surface area contributed by atoms with Gasteiger partial charge < -0.3 is 9.15 Å². The number of benzene rings is 1. The minimum Gasteiger partial charge on any atom is -0.497 e. The Hall–Kier alpha value is -2.61.